The van der Waals surface area contributed by atoms with Gasteiger partial charge in [-0.1, -0.05) is 13.3 Å². The Morgan fingerprint density at radius 1 is 1.13 bits per heavy atom. The zero-order valence-electron chi connectivity index (χ0n) is 9.66. The molecule has 7 heteroatoms. The van der Waals surface area contributed by atoms with Gasteiger partial charge in [0, 0.05) is 6.61 Å². The molecule has 0 N–H and O–H groups in total. The van der Waals surface area contributed by atoms with Crippen molar-refractivity contribution in [2.45, 2.75) is 32.3 Å². The first-order valence-electron chi connectivity index (χ1n) is 4.08. The summed E-state index contributed by atoms with van der Waals surface area (Å²) in [5, 5.41) is 21.2. The molecule has 0 aliphatic carbocycles. The number of carboxylic acids is 2. The Morgan fingerprint density at radius 2 is 1.53 bits per heavy atom. The first-order chi connectivity index (χ1) is 6.01. The second kappa shape index (κ2) is 10.1. The smallest absolute Gasteiger partial charge is 0.547 e. The van der Waals surface area contributed by atoms with Gasteiger partial charge in [0.05, 0.1) is 11.9 Å². The van der Waals surface area contributed by atoms with Gasteiger partial charge in [-0.3, -0.25) is 0 Å². The van der Waals surface area contributed by atoms with Gasteiger partial charge >= 0.3 is 59.1 Å². The number of hydrogen-bond donors (Lipinski definition) is 0. The van der Waals surface area contributed by atoms with Crippen molar-refractivity contribution in [1.29, 1.82) is 0 Å². The van der Waals surface area contributed by atoms with Gasteiger partial charge in [-0.2, -0.15) is 0 Å². The Kier molecular flexibility index (Phi) is 14.3. The van der Waals surface area contributed by atoms with Crippen molar-refractivity contribution in [2.24, 2.45) is 0 Å². The molecule has 76 valence electrons. The second-order valence-corrected chi connectivity index (χ2v) is 2.58. The quantitative estimate of drug-likeness (QED) is 0.336. The Labute approximate surface area is 133 Å². The van der Waals surface area contributed by atoms with E-state index in [-0.39, 0.29) is 72.1 Å². The van der Waals surface area contributed by atoms with Crippen LogP contribution in [0.5, 0.6) is 0 Å². The largest absolute Gasteiger partial charge is 1.00 e. The van der Waals surface area contributed by atoms with Crippen LogP contribution in [0.3, 0.4) is 0 Å². The molecule has 15 heavy (non-hydrogen) atoms. The molecule has 0 rings (SSSR count). The molecular weight excluding hydrogens is 222 g/mol. The minimum atomic E-state index is -2.29. The van der Waals surface area contributed by atoms with Crippen molar-refractivity contribution >= 4 is 11.9 Å². The summed E-state index contributed by atoms with van der Waals surface area (Å²) in [7, 11) is 0. The Morgan fingerprint density at radius 3 is 1.73 bits per heavy atom. The molecular formula is C8H12Na2O5. The molecule has 0 saturated carbocycles. The van der Waals surface area contributed by atoms with E-state index in [0.717, 1.165) is 0 Å². The molecule has 0 aliphatic rings. The molecule has 0 aromatic rings. The average molecular weight is 234 g/mol. The van der Waals surface area contributed by atoms with E-state index >= 15 is 0 Å². The van der Waals surface area contributed by atoms with Crippen LogP contribution in [-0.4, -0.2) is 24.1 Å². The zero-order valence-corrected chi connectivity index (χ0v) is 13.7. The predicted molar refractivity (Wildman–Crippen MR) is 39.3 cm³/mol. The summed E-state index contributed by atoms with van der Waals surface area (Å²) in [4.78, 5) is 21.2. The molecule has 0 spiro atoms. The minimum Gasteiger partial charge on any atom is -0.547 e. The van der Waals surface area contributed by atoms with Crippen molar-refractivity contribution in [3.63, 3.8) is 0 Å². The molecule has 0 aromatic heterocycles. The van der Waals surface area contributed by atoms with E-state index in [1.807, 2.05) is 0 Å². The molecule has 0 aromatic carbocycles. The predicted octanol–water partition coefficient (Wildman–Crippen LogP) is -7.93. The third-order valence-corrected chi connectivity index (χ3v) is 1.65. The number of aliphatic carboxylic acids is 2. The molecule has 0 radical (unpaired) electrons. The fraction of sp³-hybridized carbons (Fsp3) is 0.750. The van der Waals surface area contributed by atoms with Crippen LogP contribution >= 0.6 is 0 Å². The Hall–Kier alpha value is 0.900. The van der Waals surface area contributed by atoms with Crippen molar-refractivity contribution in [3.05, 3.63) is 0 Å². The van der Waals surface area contributed by atoms with Crippen molar-refractivity contribution < 1.29 is 83.7 Å². The molecule has 0 saturated heterocycles. The number of carbonyl (C=O) groups excluding carboxylic acids is 2. The number of ether oxygens (including phenoxy) is 1. The van der Waals surface area contributed by atoms with Gasteiger partial charge in [0.25, 0.3) is 0 Å². The van der Waals surface area contributed by atoms with Crippen LogP contribution in [0.25, 0.3) is 0 Å². The van der Waals surface area contributed by atoms with Crippen LogP contribution < -0.4 is 69.3 Å². The molecule has 0 bridgehead atoms. The maximum Gasteiger partial charge on any atom is 1.00 e. The summed E-state index contributed by atoms with van der Waals surface area (Å²) < 4.78 is 4.67. The molecule has 0 aliphatic heterocycles. The van der Waals surface area contributed by atoms with Crippen molar-refractivity contribution in [1.82, 2.24) is 0 Å². The third kappa shape index (κ3) is 5.68. The van der Waals surface area contributed by atoms with Crippen LogP contribution in [-0.2, 0) is 14.3 Å². The maximum absolute atomic E-state index is 10.6. The van der Waals surface area contributed by atoms with Gasteiger partial charge in [0.2, 0.25) is 0 Å². The van der Waals surface area contributed by atoms with Crippen LogP contribution in [0.1, 0.15) is 26.7 Å². The van der Waals surface area contributed by atoms with Gasteiger partial charge in [-0.05, 0) is 13.3 Å². The number of rotatable bonds is 6. The van der Waals surface area contributed by atoms with Gasteiger partial charge in [0.15, 0.2) is 0 Å². The fourth-order valence-electron chi connectivity index (χ4n) is 1.08. The monoisotopic (exact) mass is 234 g/mol. The maximum atomic E-state index is 10.6. The van der Waals surface area contributed by atoms with Gasteiger partial charge in [-0.25, -0.2) is 0 Å². The minimum absolute atomic E-state index is 0. The standard InChI is InChI=1S/C8H14O5.2Na/c1-3-5-8(6(9)10,7(11)12)13-4-2;;/h3-5H2,1-2H3,(H,9,10)(H,11,12);;/q;2*+1/p-2. The fourth-order valence-corrected chi connectivity index (χ4v) is 1.08. The summed E-state index contributed by atoms with van der Waals surface area (Å²) in [6.07, 6.45) is 0.216. The topological polar surface area (TPSA) is 89.5 Å². The molecule has 0 amide bonds. The van der Waals surface area contributed by atoms with Gasteiger partial charge < -0.3 is 24.5 Å². The normalized spacial score (nSPS) is 9.73. The van der Waals surface area contributed by atoms with E-state index < -0.39 is 17.5 Å². The Bertz CT molecular complexity index is 185. The summed E-state index contributed by atoms with van der Waals surface area (Å²) in [6, 6.07) is 0. The van der Waals surface area contributed by atoms with Gasteiger partial charge in [-0.15, -0.1) is 0 Å². The van der Waals surface area contributed by atoms with Crippen LogP contribution in [0, 0.1) is 0 Å². The summed E-state index contributed by atoms with van der Waals surface area (Å²) >= 11 is 0. The third-order valence-electron chi connectivity index (χ3n) is 1.65. The Balaban J connectivity index is -0.000000720. The molecule has 0 unspecified atom stereocenters. The second-order valence-electron chi connectivity index (χ2n) is 2.58. The van der Waals surface area contributed by atoms with Crippen LogP contribution in [0.4, 0.5) is 0 Å². The van der Waals surface area contributed by atoms with E-state index in [9.17, 15) is 19.8 Å². The van der Waals surface area contributed by atoms with E-state index in [1.54, 1.807) is 6.92 Å². The molecule has 0 atom stereocenters. The van der Waals surface area contributed by atoms with E-state index in [2.05, 4.69) is 4.74 Å². The molecule has 0 heterocycles. The van der Waals surface area contributed by atoms with Crippen LogP contribution in [0.15, 0.2) is 0 Å². The van der Waals surface area contributed by atoms with Crippen molar-refractivity contribution in [2.75, 3.05) is 6.61 Å². The SMILES string of the molecule is CCCC(OCC)(C(=O)[O-])C(=O)[O-].[Na+].[Na+]. The summed E-state index contributed by atoms with van der Waals surface area (Å²) in [5.41, 5.74) is -2.29. The van der Waals surface area contributed by atoms with Gasteiger partial charge in [0.1, 0.15) is 5.60 Å². The summed E-state index contributed by atoms with van der Waals surface area (Å²) in [6.45, 7) is 3.15. The number of hydrogen-bond acceptors (Lipinski definition) is 5. The molecule has 0 fully saturated rings. The number of carbonyl (C=O) groups is 2. The first-order valence-corrected chi connectivity index (χ1v) is 4.08. The average Bonchev–Trinajstić information content (AvgIpc) is 2.03. The first kappa shape index (κ1) is 21.2. The number of carboxylic acid groups (broad SMARTS) is 2. The van der Waals surface area contributed by atoms with Crippen LogP contribution in [0.2, 0.25) is 0 Å². The van der Waals surface area contributed by atoms with E-state index in [4.69, 9.17) is 0 Å². The van der Waals surface area contributed by atoms with Crippen molar-refractivity contribution in [3.8, 4) is 0 Å². The summed E-state index contributed by atoms with van der Waals surface area (Å²) in [5.74, 6) is -3.51. The molecule has 5 nitrogen and oxygen atoms in total. The zero-order chi connectivity index (χ0) is 10.5. The van der Waals surface area contributed by atoms with E-state index in [0.29, 0.717) is 6.42 Å². The van der Waals surface area contributed by atoms with E-state index in [1.165, 1.54) is 6.92 Å².